The number of aliphatic carboxylic acids is 4. The first-order valence-corrected chi connectivity index (χ1v) is 31.0. The molecular formula is C62H80Cl2N10O17. The Labute approximate surface area is 537 Å². The first kappa shape index (κ1) is 69.4. The van der Waals surface area contributed by atoms with Crippen LogP contribution in [0.25, 0.3) is 28.1 Å². The monoisotopic (exact) mass is 1310 g/mol. The summed E-state index contributed by atoms with van der Waals surface area (Å²) in [7, 11) is 1.53. The number of anilines is 1. The number of hydrogen-bond acceptors (Lipinski definition) is 18. The normalized spacial score (nSPS) is 17.2. The minimum atomic E-state index is -1.06. The van der Waals surface area contributed by atoms with Gasteiger partial charge in [-0.25, -0.2) is 4.68 Å². The number of aromatic nitrogens is 2. The van der Waals surface area contributed by atoms with E-state index in [9.17, 15) is 53.7 Å². The smallest absolute Gasteiger partial charge is 0.317 e. The molecule has 8 rings (SSSR count). The molecule has 0 spiro atoms. The number of amides is 4. The largest absolute Gasteiger partial charge is 0.496 e. The maximum Gasteiger partial charge on any atom is 0.317 e. The van der Waals surface area contributed by atoms with Crippen LogP contribution in [0.3, 0.4) is 0 Å². The molecule has 0 radical (unpaired) electrons. The number of fused-ring (bicyclic) bond motifs is 3. The first-order chi connectivity index (χ1) is 43.5. The summed E-state index contributed by atoms with van der Waals surface area (Å²) in [6.07, 6.45) is 0.313. The highest BCUT2D eigenvalue weighted by molar-refractivity contribution is 6.34. The summed E-state index contributed by atoms with van der Waals surface area (Å²) in [5.41, 5.74) is 3.56. The summed E-state index contributed by atoms with van der Waals surface area (Å²) in [6, 6.07) is 15.5. The Kier molecular flexibility index (Phi) is 24.9. The number of carbonyl (C=O) groups is 8. The van der Waals surface area contributed by atoms with Crippen LogP contribution in [-0.4, -0.2) is 275 Å². The number of rotatable bonds is 26. The van der Waals surface area contributed by atoms with E-state index in [0.29, 0.717) is 107 Å². The predicted molar refractivity (Wildman–Crippen MR) is 333 cm³/mol. The molecule has 0 bridgehead atoms. The fourth-order valence-electron chi connectivity index (χ4n) is 11.7. The highest BCUT2D eigenvalue weighted by Crippen LogP contribution is 2.47. The van der Waals surface area contributed by atoms with E-state index in [0.717, 1.165) is 0 Å². The van der Waals surface area contributed by atoms with Crippen molar-refractivity contribution in [3.8, 4) is 39.6 Å². The van der Waals surface area contributed by atoms with E-state index in [2.05, 4.69) is 5.32 Å². The van der Waals surface area contributed by atoms with Crippen LogP contribution in [0.4, 0.5) is 5.69 Å². The quantitative estimate of drug-likeness (QED) is 0.0551. The maximum atomic E-state index is 14.5. The Balaban J connectivity index is 0.943. The lowest BCUT2D eigenvalue weighted by Crippen LogP contribution is -2.55. The Morgan fingerprint density at radius 1 is 0.681 bits per heavy atom. The number of halogens is 2. The molecule has 3 aromatic carbocycles. The Hall–Kier alpha value is -7.47. The lowest BCUT2D eigenvalue weighted by atomic mass is 9.95. The van der Waals surface area contributed by atoms with Crippen molar-refractivity contribution < 1.29 is 82.5 Å². The molecular weight excluding hydrogens is 1230 g/mol. The van der Waals surface area contributed by atoms with Gasteiger partial charge in [0, 0.05) is 136 Å². The first-order valence-electron chi connectivity index (χ1n) is 30.3. The number of methoxy groups -OCH3 is 1. The number of carboxylic acids is 4. The zero-order valence-electron chi connectivity index (χ0n) is 51.4. The zero-order chi connectivity index (χ0) is 65.4. The van der Waals surface area contributed by atoms with Gasteiger partial charge in [0.05, 0.1) is 96.3 Å². The van der Waals surface area contributed by atoms with Gasteiger partial charge < -0.3 is 64.1 Å². The molecule has 0 unspecified atom stereocenters. The van der Waals surface area contributed by atoms with Gasteiger partial charge in [0.2, 0.25) is 17.7 Å². The number of benzene rings is 3. The number of morpholine rings is 1. The molecule has 494 valence electrons. The molecule has 3 fully saturated rings. The fraction of sp³-hybridized carbons (Fsp3) is 0.532. The van der Waals surface area contributed by atoms with Crippen LogP contribution in [0, 0.1) is 0 Å². The number of nitrogens with zero attached hydrogens (tertiary/aromatic N) is 9. The van der Waals surface area contributed by atoms with Crippen LogP contribution in [0.2, 0.25) is 10.0 Å². The molecule has 0 atom stereocenters. The summed E-state index contributed by atoms with van der Waals surface area (Å²) < 4.78 is 30.9. The lowest BCUT2D eigenvalue weighted by Gasteiger charge is -2.41. The van der Waals surface area contributed by atoms with Crippen molar-refractivity contribution in [2.24, 2.45) is 0 Å². The van der Waals surface area contributed by atoms with Gasteiger partial charge in [-0.3, -0.25) is 58.0 Å². The third-order valence-electron chi connectivity index (χ3n) is 16.4. The molecule has 29 heteroatoms. The summed E-state index contributed by atoms with van der Waals surface area (Å²) in [4.78, 5) is 115. The molecule has 3 saturated heterocycles. The van der Waals surface area contributed by atoms with E-state index in [1.54, 1.807) is 76.5 Å². The van der Waals surface area contributed by atoms with Crippen molar-refractivity contribution in [2.45, 2.75) is 64.1 Å². The van der Waals surface area contributed by atoms with Crippen molar-refractivity contribution in [1.82, 2.24) is 44.1 Å². The Morgan fingerprint density at radius 3 is 1.85 bits per heavy atom. The van der Waals surface area contributed by atoms with Crippen LogP contribution in [-0.2, 0) is 54.4 Å². The standard InChI is InChI=1S/C62H80Cl2N10O17/c1-62(2)40-90-26-23-73(62)61(86)59-49-39-91-51-34-50(87-3)47(33-48(51)60(49)74(66-59)46-31-42(63)30-43(64)32-46)41-5-4-6-44(29-41)65-52(75)7-8-53(76)72(22-25-89-28-27-88-24-11-55(78)79)45-9-12-71(13-10-45)54(77)35-67-14-16-68(36-56(80)81)18-20-70(38-58(84)85)21-19-69(17-15-67)37-57(82)83/h4-6,29-34,45H,7-28,35-40H2,1-3H3,(H,65,75)(H,78,79)(H,80,81)(H,82,83)(H,84,85). The molecule has 4 aromatic rings. The average molecular weight is 1310 g/mol. The molecule has 91 heavy (non-hydrogen) atoms. The zero-order valence-corrected chi connectivity index (χ0v) is 53.0. The second-order valence-corrected chi connectivity index (χ2v) is 24.2. The summed E-state index contributed by atoms with van der Waals surface area (Å²) in [5.74, 6) is -4.47. The Bertz CT molecular complexity index is 3220. The van der Waals surface area contributed by atoms with Crippen molar-refractivity contribution >= 4 is 76.4 Å². The highest BCUT2D eigenvalue weighted by atomic mass is 35.5. The van der Waals surface area contributed by atoms with Gasteiger partial charge in [-0.2, -0.15) is 5.10 Å². The number of ether oxygens (including phenoxy) is 5. The molecule has 0 aliphatic carbocycles. The van der Waals surface area contributed by atoms with E-state index >= 15 is 0 Å². The number of piperidine rings is 1. The van der Waals surface area contributed by atoms with Gasteiger partial charge in [-0.15, -0.1) is 0 Å². The summed E-state index contributed by atoms with van der Waals surface area (Å²) >= 11 is 13.1. The SMILES string of the molecule is COc1cc2c(cc1-c1cccc(NC(=O)CCC(=O)N(CCOCCOCCC(=O)O)C3CCN(C(=O)CN4CCN(CC(=O)O)CCN(CC(=O)O)CCN(CC(=O)O)CC4)CC3)c1)-c1c(c(C(=O)N3CCOCC3(C)C)nn1-c1cc(Cl)cc(Cl)c1)CO2. The number of likely N-dealkylation sites (tertiary alicyclic amines) is 1. The lowest BCUT2D eigenvalue weighted by molar-refractivity contribution is -0.141. The van der Waals surface area contributed by atoms with Gasteiger partial charge in [-0.05, 0) is 68.7 Å². The van der Waals surface area contributed by atoms with E-state index in [1.165, 1.54) is 7.11 Å². The van der Waals surface area contributed by atoms with Crippen molar-refractivity contribution in [3.05, 3.63) is 75.9 Å². The van der Waals surface area contributed by atoms with E-state index < -0.39 is 35.3 Å². The molecule has 5 heterocycles. The van der Waals surface area contributed by atoms with Crippen LogP contribution >= 0.6 is 23.2 Å². The fourth-order valence-corrected chi connectivity index (χ4v) is 12.2. The third kappa shape index (κ3) is 19.5. The minimum absolute atomic E-state index is 0.0135. The average Bonchev–Trinajstić information content (AvgIpc) is 1.63. The minimum Gasteiger partial charge on any atom is -0.496 e. The van der Waals surface area contributed by atoms with Gasteiger partial charge in [0.1, 0.15) is 18.1 Å². The van der Waals surface area contributed by atoms with Crippen LogP contribution in [0.5, 0.6) is 11.5 Å². The molecule has 27 nitrogen and oxygen atoms in total. The number of carboxylic acid groups (broad SMARTS) is 4. The Morgan fingerprint density at radius 2 is 1.27 bits per heavy atom. The molecule has 4 aliphatic heterocycles. The topological polar surface area (TPSA) is 316 Å². The molecule has 5 N–H and O–H groups in total. The predicted octanol–water partition coefficient (Wildman–Crippen LogP) is 4.19. The van der Waals surface area contributed by atoms with Crippen LogP contribution in [0.15, 0.2) is 54.6 Å². The van der Waals surface area contributed by atoms with Crippen LogP contribution < -0.4 is 14.8 Å². The van der Waals surface area contributed by atoms with Gasteiger partial charge in [0.25, 0.3) is 5.91 Å². The highest BCUT2D eigenvalue weighted by Gasteiger charge is 2.40. The second-order valence-electron chi connectivity index (χ2n) is 23.4. The van der Waals surface area contributed by atoms with Gasteiger partial charge >= 0.3 is 23.9 Å². The number of hydrogen-bond donors (Lipinski definition) is 5. The molecule has 4 amide bonds. The summed E-state index contributed by atoms with van der Waals surface area (Å²) in [6.45, 7) is 7.21. The molecule has 0 saturated carbocycles. The molecule has 1 aromatic heterocycles. The van der Waals surface area contributed by atoms with E-state index in [4.69, 9.17) is 57.1 Å². The van der Waals surface area contributed by atoms with Crippen molar-refractivity contribution in [2.75, 3.05) is 157 Å². The van der Waals surface area contributed by atoms with Crippen LogP contribution in [0.1, 0.15) is 62.0 Å². The third-order valence-corrected chi connectivity index (χ3v) is 16.8. The summed E-state index contributed by atoms with van der Waals surface area (Å²) in [5, 5.41) is 46.5. The van der Waals surface area contributed by atoms with E-state index in [-0.39, 0.29) is 167 Å². The van der Waals surface area contributed by atoms with E-state index in [1.807, 2.05) is 30.9 Å². The number of nitrogens with one attached hydrogen (secondary N) is 1. The van der Waals surface area contributed by atoms with Crippen molar-refractivity contribution in [3.63, 3.8) is 0 Å². The molecule has 4 aliphatic rings. The second kappa shape index (κ2) is 32.7. The van der Waals surface area contributed by atoms with Gasteiger partial charge in [-0.1, -0.05) is 35.3 Å². The van der Waals surface area contributed by atoms with Gasteiger partial charge in [0.15, 0.2) is 5.69 Å². The number of carbonyl (C=O) groups excluding carboxylic acids is 4. The maximum absolute atomic E-state index is 14.5. The van der Waals surface area contributed by atoms with Crippen molar-refractivity contribution in [1.29, 1.82) is 0 Å².